The number of amides is 2. The number of alkyl carbamates (subject to hydrolysis) is 1. The van der Waals surface area contributed by atoms with E-state index in [4.69, 9.17) is 4.74 Å². The van der Waals surface area contributed by atoms with Gasteiger partial charge < -0.3 is 20.1 Å². The molecular weight excluding hydrogens is 432 g/mol. The number of fused-ring (bicyclic) bond motifs is 3. The van der Waals surface area contributed by atoms with E-state index in [-0.39, 0.29) is 37.6 Å². The van der Waals surface area contributed by atoms with E-state index in [2.05, 4.69) is 29.6 Å². The average molecular weight is 465 g/mol. The Morgan fingerprint density at radius 3 is 2.15 bits per heavy atom. The molecule has 0 aromatic heterocycles. The molecule has 0 heterocycles. The van der Waals surface area contributed by atoms with E-state index in [1.807, 2.05) is 24.3 Å². The van der Waals surface area contributed by atoms with Gasteiger partial charge in [-0.25, -0.2) is 4.79 Å². The van der Waals surface area contributed by atoms with Crippen LogP contribution in [0.5, 0.6) is 0 Å². The molecule has 0 spiro atoms. The summed E-state index contributed by atoms with van der Waals surface area (Å²) in [6.45, 7) is 3.59. The number of carbonyl (C=O) groups excluding carboxylic acids is 2. The second-order valence-electron chi connectivity index (χ2n) is 9.54. The predicted molar refractivity (Wildman–Crippen MR) is 128 cm³/mol. The van der Waals surface area contributed by atoms with Crippen molar-refractivity contribution in [1.29, 1.82) is 0 Å². The standard InChI is InChI=1S/C27H32N2O5/c1-17(2)29(15-25(30)31)26(32)19(13-18-11-12-18)14-28-27(33)34-16-24-22-9-5-3-7-20(22)21-8-4-6-10-23(21)24/h3-10,17-19,24H,11-16H2,1-2H3,(H,28,33)(H,30,31). The van der Waals surface area contributed by atoms with Gasteiger partial charge in [0.05, 0.1) is 5.92 Å². The highest BCUT2D eigenvalue weighted by molar-refractivity contribution is 5.84. The Bertz CT molecular complexity index is 1020. The van der Waals surface area contributed by atoms with Crippen molar-refractivity contribution in [3.63, 3.8) is 0 Å². The van der Waals surface area contributed by atoms with Crippen molar-refractivity contribution in [2.24, 2.45) is 11.8 Å². The molecule has 2 aromatic carbocycles. The van der Waals surface area contributed by atoms with Gasteiger partial charge in [0.2, 0.25) is 5.91 Å². The molecule has 7 heteroatoms. The van der Waals surface area contributed by atoms with E-state index in [1.165, 1.54) is 4.90 Å². The van der Waals surface area contributed by atoms with Gasteiger partial charge in [-0.2, -0.15) is 0 Å². The molecule has 0 radical (unpaired) electrons. The van der Waals surface area contributed by atoms with E-state index in [0.29, 0.717) is 12.3 Å². The van der Waals surface area contributed by atoms with Gasteiger partial charge in [0, 0.05) is 18.5 Å². The average Bonchev–Trinajstić information content (AvgIpc) is 3.58. The Kier molecular flexibility index (Phi) is 7.20. The highest BCUT2D eigenvalue weighted by Gasteiger charge is 2.34. The van der Waals surface area contributed by atoms with Gasteiger partial charge in [-0.05, 0) is 48.4 Å². The van der Waals surface area contributed by atoms with Crippen LogP contribution in [0.2, 0.25) is 0 Å². The van der Waals surface area contributed by atoms with E-state index in [0.717, 1.165) is 35.1 Å². The van der Waals surface area contributed by atoms with Crippen LogP contribution in [0.4, 0.5) is 4.79 Å². The SMILES string of the molecule is CC(C)N(CC(=O)O)C(=O)C(CNC(=O)OCC1c2ccccc2-c2ccccc21)CC1CC1. The molecule has 4 rings (SSSR count). The molecule has 1 unspecified atom stereocenters. The van der Waals surface area contributed by atoms with E-state index >= 15 is 0 Å². The molecule has 0 saturated heterocycles. The number of benzene rings is 2. The minimum Gasteiger partial charge on any atom is -0.480 e. The minimum absolute atomic E-state index is 0.0333. The molecular formula is C27H32N2O5. The lowest BCUT2D eigenvalue weighted by Gasteiger charge is -2.29. The molecule has 0 bridgehead atoms. The molecule has 1 atom stereocenters. The zero-order chi connectivity index (χ0) is 24.2. The first kappa shape index (κ1) is 23.8. The summed E-state index contributed by atoms with van der Waals surface area (Å²) in [5.74, 6) is -1.32. The van der Waals surface area contributed by atoms with Gasteiger partial charge in [0.25, 0.3) is 0 Å². The second kappa shape index (κ2) is 10.3. The third-order valence-corrected chi connectivity index (χ3v) is 6.71. The van der Waals surface area contributed by atoms with Gasteiger partial charge in [0.15, 0.2) is 0 Å². The Hall–Kier alpha value is -3.35. The minimum atomic E-state index is -1.04. The van der Waals surface area contributed by atoms with Crippen LogP contribution in [0.15, 0.2) is 48.5 Å². The maximum absolute atomic E-state index is 13.1. The Balaban J connectivity index is 1.37. The van der Waals surface area contributed by atoms with Crippen molar-refractivity contribution in [2.45, 2.75) is 45.1 Å². The number of ether oxygens (including phenoxy) is 1. The number of carboxylic acids is 1. The summed E-state index contributed by atoms with van der Waals surface area (Å²) in [5.41, 5.74) is 4.60. The summed E-state index contributed by atoms with van der Waals surface area (Å²) in [6.07, 6.45) is 2.21. The molecule has 2 aliphatic rings. The van der Waals surface area contributed by atoms with Crippen LogP contribution in [0.3, 0.4) is 0 Å². The van der Waals surface area contributed by atoms with Gasteiger partial charge in [-0.15, -0.1) is 0 Å². The molecule has 1 saturated carbocycles. The van der Waals surface area contributed by atoms with E-state index in [1.54, 1.807) is 13.8 Å². The van der Waals surface area contributed by atoms with Crippen LogP contribution in [-0.4, -0.2) is 53.7 Å². The summed E-state index contributed by atoms with van der Waals surface area (Å²) in [6, 6.07) is 16.1. The summed E-state index contributed by atoms with van der Waals surface area (Å²) in [7, 11) is 0. The van der Waals surface area contributed by atoms with Crippen molar-refractivity contribution in [3.05, 3.63) is 59.7 Å². The third-order valence-electron chi connectivity index (χ3n) is 6.71. The molecule has 2 amide bonds. The lowest BCUT2D eigenvalue weighted by atomic mass is 9.98. The predicted octanol–water partition coefficient (Wildman–Crippen LogP) is 4.26. The number of carbonyl (C=O) groups is 3. The maximum Gasteiger partial charge on any atom is 0.407 e. The monoisotopic (exact) mass is 464 g/mol. The van der Waals surface area contributed by atoms with Gasteiger partial charge in [-0.3, -0.25) is 9.59 Å². The molecule has 0 aliphatic heterocycles. The molecule has 2 N–H and O–H groups in total. The lowest BCUT2D eigenvalue weighted by molar-refractivity contribution is -0.147. The maximum atomic E-state index is 13.1. The van der Waals surface area contributed by atoms with Crippen LogP contribution < -0.4 is 5.32 Å². The first-order valence-electron chi connectivity index (χ1n) is 12.0. The zero-order valence-corrected chi connectivity index (χ0v) is 19.7. The number of nitrogens with one attached hydrogen (secondary N) is 1. The van der Waals surface area contributed by atoms with E-state index < -0.39 is 18.0 Å². The van der Waals surface area contributed by atoms with Crippen LogP contribution in [0.1, 0.15) is 50.2 Å². The Morgan fingerprint density at radius 2 is 1.62 bits per heavy atom. The molecule has 2 aromatic rings. The molecule has 1 fully saturated rings. The van der Waals surface area contributed by atoms with Crippen LogP contribution in [-0.2, 0) is 14.3 Å². The second-order valence-corrected chi connectivity index (χ2v) is 9.54. The molecule has 180 valence electrons. The number of nitrogens with zero attached hydrogens (tertiary/aromatic N) is 1. The van der Waals surface area contributed by atoms with Crippen LogP contribution in [0, 0.1) is 11.8 Å². The van der Waals surface area contributed by atoms with Gasteiger partial charge >= 0.3 is 12.1 Å². The summed E-state index contributed by atoms with van der Waals surface area (Å²) < 4.78 is 5.59. The number of carboxylic acid groups (broad SMARTS) is 1. The Labute approximate surface area is 200 Å². The van der Waals surface area contributed by atoms with Crippen molar-refractivity contribution >= 4 is 18.0 Å². The third kappa shape index (κ3) is 5.41. The fraction of sp³-hybridized carbons (Fsp3) is 0.444. The Morgan fingerprint density at radius 1 is 1.03 bits per heavy atom. The van der Waals surface area contributed by atoms with Crippen molar-refractivity contribution in [2.75, 3.05) is 19.7 Å². The first-order valence-corrected chi connectivity index (χ1v) is 12.0. The fourth-order valence-electron chi connectivity index (χ4n) is 4.78. The molecule has 2 aliphatic carbocycles. The van der Waals surface area contributed by atoms with Crippen molar-refractivity contribution in [3.8, 4) is 11.1 Å². The number of hydrogen-bond acceptors (Lipinski definition) is 4. The largest absolute Gasteiger partial charge is 0.480 e. The lowest BCUT2D eigenvalue weighted by Crippen LogP contribution is -2.47. The van der Waals surface area contributed by atoms with Crippen molar-refractivity contribution < 1.29 is 24.2 Å². The number of aliphatic carboxylic acids is 1. The highest BCUT2D eigenvalue weighted by Crippen LogP contribution is 2.44. The van der Waals surface area contributed by atoms with Gasteiger partial charge in [0.1, 0.15) is 13.2 Å². The summed E-state index contributed by atoms with van der Waals surface area (Å²) in [5, 5.41) is 12.0. The topological polar surface area (TPSA) is 95.9 Å². The number of rotatable bonds is 10. The zero-order valence-electron chi connectivity index (χ0n) is 19.7. The highest BCUT2D eigenvalue weighted by atomic mass is 16.5. The van der Waals surface area contributed by atoms with Crippen LogP contribution >= 0.6 is 0 Å². The quantitative estimate of drug-likeness (QED) is 0.548. The van der Waals surface area contributed by atoms with Gasteiger partial charge in [-0.1, -0.05) is 61.4 Å². The van der Waals surface area contributed by atoms with E-state index in [9.17, 15) is 19.5 Å². The fourth-order valence-corrected chi connectivity index (χ4v) is 4.78. The smallest absolute Gasteiger partial charge is 0.407 e. The molecule has 34 heavy (non-hydrogen) atoms. The number of hydrogen-bond donors (Lipinski definition) is 2. The summed E-state index contributed by atoms with van der Waals surface area (Å²) in [4.78, 5) is 38.3. The van der Waals surface area contributed by atoms with Crippen LogP contribution in [0.25, 0.3) is 11.1 Å². The molecule has 7 nitrogen and oxygen atoms in total. The first-order chi connectivity index (χ1) is 16.3. The normalized spacial score (nSPS) is 15.4. The van der Waals surface area contributed by atoms with Crippen molar-refractivity contribution in [1.82, 2.24) is 10.2 Å². The summed E-state index contributed by atoms with van der Waals surface area (Å²) >= 11 is 0.